The molecule has 5 rings (SSSR count). The lowest BCUT2D eigenvalue weighted by Crippen LogP contribution is -2.60. The van der Waals surface area contributed by atoms with Gasteiger partial charge in [0.05, 0.1) is 26.8 Å². The third-order valence-corrected chi connectivity index (χ3v) is 7.80. The summed E-state index contributed by atoms with van der Waals surface area (Å²) < 4.78 is 18.0. The molecule has 0 spiro atoms. The van der Waals surface area contributed by atoms with Gasteiger partial charge in [0.25, 0.3) is 0 Å². The first kappa shape index (κ1) is 35.7. The summed E-state index contributed by atoms with van der Waals surface area (Å²) in [5.41, 5.74) is 0.256. The van der Waals surface area contributed by atoms with Crippen LogP contribution in [-0.2, 0) is 38.6 Å². The van der Waals surface area contributed by atoms with Crippen LogP contribution in [0.3, 0.4) is 0 Å². The highest BCUT2D eigenvalue weighted by molar-refractivity contribution is 5.94. The summed E-state index contributed by atoms with van der Waals surface area (Å²) in [4.78, 5) is 57.5. The van der Waals surface area contributed by atoms with Gasteiger partial charge in [-0.15, -0.1) is 0 Å². The molecule has 1 aromatic heterocycles. The van der Waals surface area contributed by atoms with Gasteiger partial charge >= 0.3 is 0 Å². The van der Waals surface area contributed by atoms with Crippen LogP contribution in [0.15, 0.2) is 42.5 Å². The Bertz CT molecular complexity index is 1620. The fraction of sp³-hybridized carbons (Fsp3) is 0.471. The van der Waals surface area contributed by atoms with Gasteiger partial charge in [0, 0.05) is 18.8 Å². The molecule has 0 aliphatic carbocycles. The van der Waals surface area contributed by atoms with Crippen molar-refractivity contribution in [2.45, 2.75) is 71.6 Å². The van der Waals surface area contributed by atoms with Crippen molar-refractivity contribution < 1.29 is 33.4 Å². The van der Waals surface area contributed by atoms with Gasteiger partial charge in [0.1, 0.15) is 36.3 Å². The molecule has 2 aliphatic rings. The van der Waals surface area contributed by atoms with Crippen LogP contribution in [0, 0.1) is 5.92 Å². The highest BCUT2D eigenvalue weighted by Crippen LogP contribution is 2.28. The molecular weight excluding hydrogens is 618 g/mol. The number of amides is 4. The fourth-order valence-electron chi connectivity index (χ4n) is 5.04. The second kappa shape index (κ2) is 15.6. The molecule has 3 aromatic rings. The van der Waals surface area contributed by atoms with Crippen LogP contribution >= 0.6 is 0 Å². The first-order valence-electron chi connectivity index (χ1n) is 15.9. The molecule has 4 N–H and O–H groups in total. The van der Waals surface area contributed by atoms with E-state index in [1.807, 2.05) is 12.1 Å². The summed E-state index contributed by atoms with van der Waals surface area (Å²) in [5, 5.41) is 16.0. The molecule has 4 amide bonds. The number of rotatable bonds is 6. The average Bonchev–Trinajstić information content (AvgIpc) is 3.44. The van der Waals surface area contributed by atoms with E-state index in [1.54, 1.807) is 79.2 Å². The SMILES string of the molecule is COc1ccc(Cc2nc3n(n2)CC(=O)NCCOc2ccc(cc2)C[C@H](NC(=O)C(C)C)C(=O)NC(C)(C)C(=O)N[C@@H]3C)cc1OC. The van der Waals surface area contributed by atoms with E-state index in [4.69, 9.17) is 19.2 Å². The van der Waals surface area contributed by atoms with Gasteiger partial charge in [-0.25, -0.2) is 9.67 Å². The molecule has 0 saturated carbocycles. The number of benzene rings is 2. The van der Waals surface area contributed by atoms with E-state index in [1.165, 1.54) is 4.68 Å². The molecule has 0 fully saturated rings. The lowest BCUT2D eigenvalue weighted by Gasteiger charge is -2.29. The van der Waals surface area contributed by atoms with E-state index in [0.717, 1.165) is 11.1 Å². The molecule has 14 heteroatoms. The maximum atomic E-state index is 13.6. The number of aromatic nitrogens is 3. The van der Waals surface area contributed by atoms with Crippen LogP contribution < -0.4 is 35.5 Å². The van der Waals surface area contributed by atoms with Crippen LogP contribution in [0.5, 0.6) is 17.2 Å². The normalized spacial score (nSPS) is 18.9. The van der Waals surface area contributed by atoms with Crippen molar-refractivity contribution >= 4 is 23.6 Å². The van der Waals surface area contributed by atoms with E-state index in [9.17, 15) is 19.2 Å². The molecule has 48 heavy (non-hydrogen) atoms. The van der Waals surface area contributed by atoms with Crippen LogP contribution in [-0.4, -0.2) is 77.3 Å². The molecular formula is C34H45N7O7. The van der Waals surface area contributed by atoms with E-state index in [-0.39, 0.29) is 43.8 Å². The number of ether oxygens (including phenoxy) is 3. The van der Waals surface area contributed by atoms with Gasteiger partial charge in [-0.05, 0) is 56.2 Å². The standard InChI is InChI=1S/C34H45N7O7/c1-20(2)31(43)37-25-16-22-8-11-24(12-9-22)48-15-14-35-29(42)19-41-30(21(3)36-33(45)34(4,5)39-32(25)44)38-28(40-41)18-23-10-13-26(46-6)27(17-23)47-7/h8-13,17,20-21,25H,14-16,18-19H2,1-7H3,(H,35,42)(H,36,45)(H,37,43)(H,39,44)/t21-,25+/m1/s1. The lowest BCUT2D eigenvalue weighted by atomic mass is 10.00. The van der Waals surface area contributed by atoms with Gasteiger partial charge in [0.15, 0.2) is 17.3 Å². The smallest absolute Gasteiger partial charge is 0.245 e. The van der Waals surface area contributed by atoms with E-state index < -0.39 is 29.4 Å². The summed E-state index contributed by atoms with van der Waals surface area (Å²) in [5.74, 6) is 0.546. The molecule has 2 atom stereocenters. The molecule has 2 bridgehead atoms. The predicted octanol–water partition coefficient (Wildman–Crippen LogP) is 1.85. The van der Waals surface area contributed by atoms with Crippen LogP contribution in [0.2, 0.25) is 0 Å². The van der Waals surface area contributed by atoms with Crippen molar-refractivity contribution in [1.82, 2.24) is 36.0 Å². The van der Waals surface area contributed by atoms with Crippen molar-refractivity contribution in [3.8, 4) is 17.2 Å². The summed E-state index contributed by atoms with van der Waals surface area (Å²) >= 11 is 0. The van der Waals surface area contributed by atoms with Crippen LogP contribution in [0.1, 0.15) is 63.4 Å². The highest BCUT2D eigenvalue weighted by atomic mass is 16.5. The second-order valence-electron chi connectivity index (χ2n) is 12.5. The predicted molar refractivity (Wildman–Crippen MR) is 177 cm³/mol. The number of nitrogens with zero attached hydrogens (tertiary/aromatic N) is 3. The van der Waals surface area contributed by atoms with Gasteiger partial charge in [-0.2, -0.15) is 5.10 Å². The Morgan fingerprint density at radius 1 is 1.08 bits per heavy atom. The monoisotopic (exact) mass is 663 g/mol. The van der Waals surface area contributed by atoms with Crippen molar-refractivity contribution in [2.24, 2.45) is 5.92 Å². The number of fused-ring (bicyclic) bond motifs is 14. The zero-order valence-corrected chi connectivity index (χ0v) is 28.5. The molecule has 0 saturated heterocycles. The third-order valence-electron chi connectivity index (χ3n) is 7.80. The maximum Gasteiger partial charge on any atom is 0.245 e. The average molecular weight is 664 g/mol. The van der Waals surface area contributed by atoms with Crippen molar-refractivity contribution in [2.75, 3.05) is 27.4 Å². The largest absolute Gasteiger partial charge is 0.493 e. The number of methoxy groups -OCH3 is 2. The Hall–Kier alpha value is -5.14. The molecule has 258 valence electrons. The zero-order valence-electron chi connectivity index (χ0n) is 28.5. The van der Waals surface area contributed by atoms with Crippen molar-refractivity contribution in [3.63, 3.8) is 0 Å². The van der Waals surface area contributed by atoms with Gasteiger partial charge in [-0.3, -0.25) is 19.2 Å². The van der Waals surface area contributed by atoms with Crippen LogP contribution in [0.25, 0.3) is 0 Å². The first-order chi connectivity index (χ1) is 22.8. The summed E-state index contributed by atoms with van der Waals surface area (Å²) in [6.07, 6.45) is 0.515. The number of carbonyl (C=O) groups excluding carboxylic acids is 4. The number of hydrogen-bond acceptors (Lipinski definition) is 9. The third kappa shape index (κ3) is 9.23. The minimum atomic E-state index is -1.38. The summed E-state index contributed by atoms with van der Waals surface area (Å²) in [6.45, 7) is 8.67. The molecule has 3 heterocycles. The summed E-state index contributed by atoms with van der Waals surface area (Å²) in [6, 6.07) is 11.0. The topological polar surface area (TPSA) is 175 Å². The van der Waals surface area contributed by atoms with E-state index >= 15 is 0 Å². The zero-order chi connectivity index (χ0) is 35.0. The summed E-state index contributed by atoms with van der Waals surface area (Å²) in [7, 11) is 3.11. The molecule has 0 unspecified atom stereocenters. The molecule has 14 nitrogen and oxygen atoms in total. The fourth-order valence-corrected chi connectivity index (χ4v) is 5.04. The minimum Gasteiger partial charge on any atom is -0.493 e. The molecule has 2 aromatic carbocycles. The maximum absolute atomic E-state index is 13.6. The quantitative estimate of drug-likeness (QED) is 0.307. The molecule has 0 radical (unpaired) electrons. The van der Waals surface area contributed by atoms with Crippen LogP contribution in [0.4, 0.5) is 0 Å². The number of nitrogens with one attached hydrogen (secondary N) is 4. The Labute approximate surface area is 280 Å². The Morgan fingerprint density at radius 3 is 2.46 bits per heavy atom. The van der Waals surface area contributed by atoms with Crippen molar-refractivity contribution in [1.29, 1.82) is 0 Å². The van der Waals surface area contributed by atoms with E-state index in [2.05, 4.69) is 26.4 Å². The van der Waals surface area contributed by atoms with E-state index in [0.29, 0.717) is 35.3 Å². The lowest BCUT2D eigenvalue weighted by molar-refractivity contribution is -0.135. The van der Waals surface area contributed by atoms with Gasteiger partial charge in [0.2, 0.25) is 23.6 Å². The highest BCUT2D eigenvalue weighted by Gasteiger charge is 2.35. The van der Waals surface area contributed by atoms with Crippen molar-refractivity contribution in [3.05, 3.63) is 65.2 Å². The number of hydrogen-bond donors (Lipinski definition) is 4. The first-order valence-corrected chi connectivity index (χ1v) is 15.9. The molecule has 2 aliphatic heterocycles. The Balaban J connectivity index is 1.63. The Morgan fingerprint density at radius 2 is 1.79 bits per heavy atom. The van der Waals surface area contributed by atoms with Gasteiger partial charge in [-0.1, -0.05) is 32.0 Å². The second-order valence-corrected chi connectivity index (χ2v) is 12.5. The van der Waals surface area contributed by atoms with Gasteiger partial charge < -0.3 is 35.5 Å². The minimum absolute atomic E-state index is 0.152. The Kier molecular flexibility index (Phi) is 11.6. The number of carbonyl (C=O) groups is 4.